The monoisotopic (exact) mass is 222 g/mol. The fourth-order valence-electron chi connectivity index (χ4n) is 1.35. The fourth-order valence-corrected chi connectivity index (χ4v) is 1.35. The lowest BCUT2D eigenvalue weighted by Gasteiger charge is -2.11. The first-order chi connectivity index (χ1) is 7.69. The Morgan fingerprint density at radius 2 is 2.12 bits per heavy atom. The van der Waals surface area contributed by atoms with E-state index in [1.165, 1.54) is 0 Å². The predicted molar refractivity (Wildman–Crippen MR) is 64.6 cm³/mol. The van der Waals surface area contributed by atoms with Gasteiger partial charge in [0.15, 0.2) is 0 Å². The van der Waals surface area contributed by atoms with Gasteiger partial charge in [0.1, 0.15) is 0 Å². The third-order valence-corrected chi connectivity index (χ3v) is 2.41. The van der Waals surface area contributed by atoms with Gasteiger partial charge in [-0.15, -0.1) is 0 Å². The summed E-state index contributed by atoms with van der Waals surface area (Å²) in [5.41, 5.74) is 1.37. The first-order valence-electron chi connectivity index (χ1n) is 5.42. The van der Waals surface area contributed by atoms with Crippen molar-refractivity contribution in [1.82, 2.24) is 5.32 Å². The van der Waals surface area contributed by atoms with Crippen LogP contribution in [0.1, 0.15) is 23.7 Å². The Morgan fingerprint density at radius 1 is 1.44 bits per heavy atom. The van der Waals surface area contributed by atoms with E-state index in [1.54, 1.807) is 13.1 Å². The molecule has 0 bridgehead atoms. The highest BCUT2D eigenvalue weighted by Crippen LogP contribution is 2.13. The molecule has 16 heavy (non-hydrogen) atoms. The molecule has 0 spiro atoms. The lowest BCUT2D eigenvalue weighted by molar-refractivity contribution is 0.0914. The lowest BCUT2D eigenvalue weighted by atomic mass is 10.1. The van der Waals surface area contributed by atoms with Crippen LogP contribution < -0.4 is 10.6 Å². The Hall–Kier alpha value is -1.55. The van der Waals surface area contributed by atoms with Crippen LogP contribution in [-0.2, 0) is 0 Å². The largest absolute Gasteiger partial charge is 0.391 e. The first kappa shape index (κ1) is 12.5. The minimum absolute atomic E-state index is 0.169. The predicted octanol–water partition coefficient (Wildman–Crippen LogP) is 1.23. The summed E-state index contributed by atoms with van der Waals surface area (Å²) in [4.78, 5) is 11.8. The van der Waals surface area contributed by atoms with E-state index in [4.69, 9.17) is 0 Å². The van der Waals surface area contributed by atoms with Crippen molar-refractivity contribution in [3.8, 4) is 0 Å². The van der Waals surface area contributed by atoms with E-state index < -0.39 is 6.10 Å². The van der Waals surface area contributed by atoms with Crippen LogP contribution in [0.5, 0.6) is 0 Å². The zero-order chi connectivity index (χ0) is 12.0. The third-order valence-electron chi connectivity index (χ3n) is 2.41. The Bertz CT molecular complexity index is 353. The maximum atomic E-state index is 11.8. The van der Waals surface area contributed by atoms with Crippen LogP contribution in [0.3, 0.4) is 0 Å². The van der Waals surface area contributed by atoms with Crippen LogP contribution in [0.4, 0.5) is 5.69 Å². The van der Waals surface area contributed by atoms with Gasteiger partial charge >= 0.3 is 0 Å². The third kappa shape index (κ3) is 3.24. The van der Waals surface area contributed by atoms with Crippen LogP contribution >= 0.6 is 0 Å². The van der Waals surface area contributed by atoms with Crippen LogP contribution in [0.25, 0.3) is 0 Å². The van der Waals surface area contributed by atoms with Gasteiger partial charge in [-0.3, -0.25) is 4.79 Å². The van der Waals surface area contributed by atoms with Crippen LogP contribution in [0.15, 0.2) is 24.3 Å². The van der Waals surface area contributed by atoms with Crippen molar-refractivity contribution < 1.29 is 9.90 Å². The Balaban J connectivity index is 2.65. The summed E-state index contributed by atoms with van der Waals surface area (Å²) in [5.74, 6) is -0.169. The number of hydrogen-bond donors (Lipinski definition) is 3. The van der Waals surface area contributed by atoms with E-state index in [0.717, 1.165) is 5.69 Å². The van der Waals surface area contributed by atoms with E-state index in [0.29, 0.717) is 12.0 Å². The summed E-state index contributed by atoms with van der Waals surface area (Å²) in [7, 11) is 1.77. The van der Waals surface area contributed by atoms with Gasteiger partial charge in [0.05, 0.1) is 11.7 Å². The van der Waals surface area contributed by atoms with Crippen molar-refractivity contribution >= 4 is 11.6 Å². The number of aliphatic hydroxyl groups excluding tert-OH is 1. The Labute approximate surface area is 95.7 Å². The molecule has 0 heterocycles. The molecule has 0 aliphatic carbocycles. The highest BCUT2D eigenvalue weighted by Gasteiger charge is 2.10. The van der Waals surface area contributed by atoms with Crippen molar-refractivity contribution in [2.24, 2.45) is 0 Å². The van der Waals surface area contributed by atoms with Gasteiger partial charge in [-0.05, 0) is 18.6 Å². The highest BCUT2D eigenvalue weighted by atomic mass is 16.3. The standard InChI is InChI=1S/C12H18N2O2/c1-3-9(15)8-14-12(16)10-6-4-5-7-11(10)13-2/h4-7,9,13,15H,3,8H2,1-2H3,(H,14,16)/t9-/m0/s1. The number of amides is 1. The first-order valence-corrected chi connectivity index (χ1v) is 5.42. The van der Waals surface area contributed by atoms with Crippen LogP contribution in [0, 0.1) is 0 Å². The van der Waals surface area contributed by atoms with Crippen molar-refractivity contribution in [3.63, 3.8) is 0 Å². The fraction of sp³-hybridized carbons (Fsp3) is 0.417. The maximum Gasteiger partial charge on any atom is 0.253 e. The molecule has 0 unspecified atom stereocenters. The Kier molecular flexibility index (Phi) is 4.79. The molecule has 0 saturated carbocycles. The molecule has 1 rings (SSSR count). The number of para-hydroxylation sites is 1. The zero-order valence-electron chi connectivity index (χ0n) is 9.66. The average Bonchev–Trinajstić information content (AvgIpc) is 2.35. The topological polar surface area (TPSA) is 61.4 Å². The maximum absolute atomic E-state index is 11.8. The average molecular weight is 222 g/mol. The van der Waals surface area contributed by atoms with Crippen molar-refractivity contribution in [3.05, 3.63) is 29.8 Å². The number of carbonyl (C=O) groups is 1. The van der Waals surface area contributed by atoms with Crippen molar-refractivity contribution in [1.29, 1.82) is 0 Å². The normalized spacial score (nSPS) is 11.9. The van der Waals surface area contributed by atoms with Crippen LogP contribution in [0.2, 0.25) is 0 Å². The molecule has 1 aromatic carbocycles. The zero-order valence-corrected chi connectivity index (χ0v) is 9.66. The second-order valence-electron chi connectivity index (χ2n) is 3.57. The van der Waals surface area contributed by atoms with Gasteiger partial charge in [0.2, 0.25) is 0 Å². The molecule has 88 valence electrons. The molecule has 3 N–H and O–H groups in total. The molecule has 0 fully saturated rings. The minimum atomic E-state index is -0.481. The van der Waals surface area contributed by atoms with Crippen LogP contribution in [-0.4, -0.2) is 30.7 Å². The van der Waals surface area contributed by atoms with E-state index in [1.807, 2.05) is 25.1 Å². The summed E-state index contributed by atoms with van der Waals surface area (Å²) in [6.45, 7) is 2.16. The molecule has 0 aliphatic rings. The van der Waals surface area contributed by atoms with Crippen molar-refractivity contribution in [2.45, 2.75) is 19.4 Å². The molecule has 4 nitrogen and oxygen atoms in total. The number of benzene rings is 1. The SMILES string of the molecule is CC[C@H](O)CNC(=O)c1ccccc1NC. The molecule has 1 atom stereocenters. The summed E-state index contributed by atoms with van der Waals surface area (Å²) in [6.07, 6.45) is 0.152. The summed E-state index contributed by atoms with van der Waals surface area (Å²) in [5, 5.41) is 15.0. The molecule has 0 radical (unpaired) electrons. The number of carbonyl (C=O) groups excluding carboxylic acids is 1. The van der Waals surface area contributed by atoms with E-state index in [-0.39, 0.29) is 12.5 Å². The smallest absolute Gasteiger partial charge is 0.253 e. The summed E-state index contributed by atoms with van der Waals surface area (Å²) < 4.78 is 0. The van der Waals surface area contributed by atoms with E-state index in [2.05, 4.69) is 10.6 Å². The van der Waals surface area contributed by atoms with Gasteiger partial charge < -0.3 is 15.7 Å². The number of nitrogens with one attached hydrogen (secondary N) is 2. The van der Waals surface area contributed by atoms with Gasteiger partial charge in [-0.2, -0.15) is 0 Å². The summed E-state index contributed by atoms with van der Waals surface area (Å²) in [6, 6.07) is 7.26. The Morgan fingerprint density at radius 3 is 2.75 bits per heavy atom. The van der Waals surface area contributed by atoms with E-state index in [9.17, 15) is 9.90 Å². The summed E-state index contributed by atoms with van der Waals surface area (Å²) >= 11 is 0. The molecule has 0 aliphatic heterocycles. The van der Waals surface area contributed by atoms with Gasteiger partial charge in [-0.25, -0.2) is 0 Å². The quantitative estimate of drug-likeness (QED) is 0.702. The highest BCUT2D eigenvalue weighted by molar-refractivity contribution is 5.99. The lowest BCUT2D eigenvalue weighted by Crippen LogP contribution is -2.32. The van der Waals surface area contributed by atoms with Gasteiger partial charge in [-0.1, -0.05) is 19.1 Å². The molecule has 4 heteroatoms. The van der Waals surface area contributed by atoms with Gasteiger partial charge in [0, 0.05) is 19.3 Å². The molecular weight excluding hydrogens is 204 g/mol. The number of aliphatic hydroxyl groups is 1. The number of anilines is 1. The second kappa shape index (κ2) is 6.12. The molecule has 1 aromatic rings. The molecule has 1 amide bonds. The van der Waals surface area contributed by atoms with Crippen molar-refractivity contribution in [2.75, 3.05) is 18.9 Å². The number of rotatable bonds is 5. The number of hydrogen-bond acceptors (Lipinski definition) is 3. The second-order valence-corrected chi connectivity index (χ2v) is 3.57. The molecular formula is C12H18N2O2. The molecule has 0 saturated heterocycles. The van der Waals surface area contributed by atoms with Gasteiger partial charge in [0.25, 0.3) is 5.91 Å². The molecule has 0 aromatic heterocycles. The van der Waals surface area contributed by atoms with E-state index >= 15 is 0 Å². The minimum Gasteiger partial charge on any atom is -0.391 e.